The number of nitrogens with zero attached hydrogens (tertiary/aromatic N) is 1. The first-order chi connectivity index (χ1) is 5.65. The van der Waals surface area contributed by atoms with Gasteiger partial charge in [-0.25, -0.2) is 12.7 Å². The Balaban J connectivity index is 3.92. The highest BCUT2D eigenvalue weighted by molar-refractivity contribution is 7.89. The van der Waals surface area contributed by atoms with E-state index in [4.69, 9.17) is 0 Å². The normalized spacial score (nSPS) is 13.7. The topological polar surface area (TPSA) is 37.4 Å². The first-order valence-corrected chi connectivity index (χ1v) is 5.23. The summed E-state index contributed by atoms with van der Waals surface area (Å²) in [5.41, 5.74) is 0. The molecule has 0 aliphatic carbocycles. The highest BCUT2D eigenvalue weighted by Gasteiger charge is 2.27. The molecule has 7 heteroatoms. The van der Waals surface area contributed by atoms with Crippen molar-refractivity contribution in [2.24, 2.45) is 0 Å². The van der Waals surface area contributed by atoms with Gasteiger partial charge >= 0.3 is 6.18 Å². The first kappa shape index (κ1) is 12.7. The number of hydrogen-bond donors (Lipinski definition) is 0. The molecule has 0 unspecified atom stereocenters. The van der Waals surface area contributed by atoms with E-state index in [1.54, 1.807) is 0 Å². The molecule has 0 aromatic rings. The number of halogens is 3. The van der Waals surface area contributed by atoms with Crippen LogP contribution in [0.5, 0.6) is 0 Å². The van der Waals surface area contributed by atoms with Gasteiger partial charge in [-0.1, -0.05) is 0 Å². The molecule has 0 aromatic heterocycles. The lowest BCUT2D eigenvalue weighted by atomic mass is 10.3. The lowest BCUT2D eigenvalue weighted by Gasteiger charge is -2.11. The Morgan fingerprint density at radius 1 is 1.23 bits per heavy atom. The molecular weight excluding hydrogens is 207 g/mol. The molecule has 0 aromatic carbocycles. The van der Waals surface area contributed by atoms with E-state index in [0.717, 1.165) is 4.31 Å². The van der Waals surface area contributed by atoms with Crippen molar-refractivity contribution in [1.82, 2.24) is 4.31 Å². The maximum absolute atomic E-state index is 11.6. The van der Waals surface area contributed by atoms with Crippen LogP contribution in [0.3, 0.4) is 0 Å². The standard InChI is InChI=1S/C6H12F3NO2S/c1-10(2)13(11,12)5-3-4-6(7,8)9/h3-5H2,1-2H3. The molecular formula is C6H12F3NO2S. The Morgan fingerprint density at radius 2 is 1.69 bits per heavy atom. The van der Waals surface area contributed by atoms with E-state index in [2.05, 4.69) is 0 Å². The van der Waals surface area contributed by atoms with E-state index < -0.39 is 28.4 Å². The van der Waals surface area contributed by atoms with Gasteiger partial charge in [-0.15, -0.1) is 0 Å². The van der Waals surface area contributed by atoms with E-state index in [-0.39, 0.29) is 6.42 Å². The molecule has 0 N–H and O–H groups in total. The second kappa shape index (κ2) is 4.28. The van der Waals surface area contributed by atoms with Gasteiger partial charge in [0.1, 0.15) is 0 Å². The van der Waals surface area contributed by atoms with Crippen molar-refractivity contribution in [2.75, 3.05) is 19.8 Å². The predicted octanol–water partition coefficient (Wildman–Crippen LogP) is 1.22. The molecule has 0 amide bonds. The van der Waals surface area contributed by atoms with Crippen LogP contribution < -0.4 is 0 Å². The van der Waals surface area contributed by atoms with Crippen LogP contribution in [0.2, 0.25) is 0 Å². The van der Waals surface area contributed by atoms with Gasteiger partial charge in [0.05, 0.1) is 5.75 Å². The summed E-state index contributed by atoms with van der Waals surface area (Å²) in [4.78, 5) is 0. The van der Waals surface area contributed by atoms with Gasteiger partial charge in [0.15, 0.2) is 0 Å². The summed E-state index contributed by atoms with van der Waals surface area (Å²) in [6.07, 6.45) is -5.72. The molecule has 13 heavy (non-hydrogen) atoms. The molecule has 0 spiro atoms. The minimum Gasteiger partial charge on any atom is -0.212 e. The van der Waals surface area contributed by atoms with Crippen molar-refractivity contribution in [3.63, 3.8) is 0 Å². The monoisotopic (exact) mass is 219 g/mol. The minimum absolute atomic E-state index is 0.385. The third-order valence-corrected chi connectivity index (χ3v) is 3.34. The minimum atomic E-state index is -4.28. The smallest absolute Gasteiger partial charge is 0.212 e. The zero-order valence-corrected chi connectivity index (χ0v) is 8.24. The molecule has 0 rings (SSSR count). The van der Waals surface area contributed by atoms with E-state index in [1.807, 2.05) is 0 Å². The molecule has 0 aliphatic heterocycles. The molecule has 0 atom stereocenters. The van der Waals surface area contributed by atoms with Gasteiger partial charge in [0, 0.05) is 20.5 Å². The number of sulfonamides is 1. The third-order valence-electron chi connectivity index (χ3n) is 1.42. The fourth-order valence-electron chi connectivity index (χ4n) is 0.638. The summed E-state index contributed by atoms with van der Waals surface area (Å²) in [5.74, 6) is -0.459. The maximum atomic E-state index is 11.6. The predicted molar refractivity (Wildman–Crippen MR) is 42.8 cm³/mol. The summed E-state index contributed by atoms with van der Waals surface area (Å²) >= 11 is 0. The van der Waals surface area contributed by atoms with Crippen molar-refractivity contribution in [2.45, 2.75) is 19.0 Å². The van der Waals surface area contributed by atoms with Crippen LogP contribution >= 0.6 is 0 Å². The average Bonchev–Trinajstić information content (AvgIpc) is 1.82. The Bertz CT molecular complexity index is 245. The largest absolute Gasteiger partial charge is 0.389 e. The molecule has 0 bridgehead atoms. The van der Waals surface area contributed by atoms with Crippen molar-refractivity contribution < 1.29 is 21.6 Å². The number of rotatable bonds is 4. The van der Waals surface area contributed by atoms with E-state index in [9.17, 15) is 21.6 Å². The zero-order chi connectivity index (χ0) is 10.7. The van der Waals surface area contributed by atoms with E-state index in [1.165, 1.54) is 14.1 Å². The second-order valence-electron chi connectivity index (χ2n) is 2.82. The summed E-state index contributed by atoms with van der Waals surface area (Å²) in [7, 11) is -0.898. The van der Waals surface area contributed by atoms with Crippen LogP contribution in [0.4, 0.5) is 13.2 Å². The highest BCUT2D eigenvalue weighted by atomic mass is 32.2. The molecule has 0 fully saturated rings. The van der Waals surface area contributed by atoms with Crippen LogP contribution in [0.25, 0.3) is 0 Å². The Kier molecular flexibility index (Phi) is 4.18. The fraction of sp³-hybridized carbons (Fsp3) is 1.00. The molecule has 0 radical (unpaired) electrons. The molecule has 0 saturated heterocycles. The Morgan fingerprint density at radius 3 is 2.00 bits per heavy atom. The zero-order valence-electron chi connectivity index (χ0n) is 7.43. The summed E-state index contributed by atoms with van der Waals surface area (Å²) < 4.78 is 57.7. The summed E-state index contributed by atoms with van der Waals surface area (Å²) in [6.45, 7) is 0. The van der Waals surface area contributed by atoms with Crippen molar-refractivity contribution in [3.05, 3.63) is 0 Å². The lowest BCUT2D eigenvalue weighted by Crippen LogP contribution is -2.25. The fourth-order valence-corrected chi connectivity index (χ4v) is 1.51. The molecule has 0 heterocycles. The van der Waals surface area contributed by atoms with Gasteiger partial charge in [0.2, 0.25) is 10.0 Å². The van der Waals surface area contributed by atoms with Gasteiger partial charge < -0.3 is 0 Å². The van der Waals surface area contributed by atoms with Crippen LogP contribution in [0.15, 0.2) is 0 Å². The Labute approximate surface area is 75.6 Å². The molecule has 0 aliphatic rings. The van der Waals surface area contributed by atoms with Gasteiger partial charge in [-0.3, -0.25) is 0 Å². The van der Waals surface area contributed by atoms with Crippen molar-refractivity contribution in [3.8, 4) is 0 Å². The quantitative estimate of drug-likeness (QED) is 0.713. The Hall–Kier alpha value is -0.300. The summed E-state index contributed by atoms with van der Waals surface area (Å²) in [5, 5.41) is 0. The number of hydrogen-bond acceptors (Lipinski definition) is 2. The second-order valence-corrected chi connectivity index (χ2v) is 5.12. The van der Waals surface area contributed by atoms with Crippen LogP contribution in [-0.4, -0.2) is 38.7 Å². The van der Waals surface area contributed by atoms with Gasteiger partial charge in [-0.05, 0) is 6.42 Å². The van der Waals surface area contributed by atoms with Gasteiger partial charge in [0.25, 0.3) is 0 Å². The van der Waals surface area contributed by atoms with Crippen molar-refractivity contribution in [1.29, 1.82) is 0 Å². The average molecular weight is 219 g/mol. The van der Waals surface area contributed by atoms with Crippen molar-refractivity contribution >= 4 is 10.0 Å². The molecule has 0 saturated carbocycles. The SMILES string of the molecule is CN(C)S(=O)(=O)CCCC(F)(F)F. The van der Waals surface area contributed by atoms with E-state index in [0.29, 0.717) is 0 Å². The summed E-state index contributed by atoms with van der Waals surface area (Å²) in [6, 6.07) is 0. The van der Waals surface area contributed by atoms with Crippen LogP contribution in [-0.2, 0) is 10.0 Å². The van der Waals surface area contributed by atoms with Crippen LogP contribution in [0.1, 0.15) is 12.8 Å². The van der Waals surface area contributed by atoms with Gasteiger partial charge in [-0.2, -0.15) is 13.2 Å². The maximum Gasteiger partial charge on any atom is 0.389 e. The van der Waals surface area contributed by atoms with Crippen LogP contribution in [0, 0.1) is 0 Å². The third kappa shape index (κ3) is 5.87. The molecule has 80 valence electrons. The first-order valence-electron chi connectivity index (χ1n) is 3.62. The lowest BCUT2D eigenvalue weighted by molar-refractivity contribution is -0.134. The number of alkyl halides is 3. The van der Waals surface area contributed by atoms with E-state index >= 15 is 0 Å². The molecule has 3 nitrogen and oxygen atoms in total. The highest BCUT2D eigenvalue weighted by Crippen LogP contribution is 2.21.